The molecule has 0 aromatic carbocycles. The van der Waals surface area contributed by atoms with Crippen molar-refractivity contribution in [3.05, 3.63) is 53.2 Å². The Bertz CT molecular complexity index is 1280. The number of hydrogen-bond donors (Lipinski definition) is 1. The number of fused-ring (bicyclic) bond motifs is 5. The molecule has 7 nitrogen and oxygen atoms in total. The molecule has 0 saturated carbocycles. The van der Waals surface area contributed by atoms with E-state index in [9.17, 15) is 5.11 Å². The molecule has 2 saturated heterocycles. The number of aromatic nitrogens is 4. The summed E-state index contributed by atoms with van der Waals surface area (Å²) in [6.07, 6.45) is 5.91. The summed E-state index contributed by atoms with van der Waals surface area (Å²) in [5.74, 6) is 1.74. The minimum absolute atomic E-state index is 0.229. The summed E-state index contributed by atoms with van der Waals surface area (Å²) in [4.78, 5) is 12.1. The summed E-state index contributed by atoms with van der Waals surface area (Å²) in [6.45, 7) is 6.24. The van der Waals surface area contributed by atoms with Crippen molar-refractivity contribution in [2.75, 3.05) is 4.90 Å². The van der Waals surface area contributed by atoms with Crippen molar-refractivity contribution in [2.24, 2.45) is 0 Å². The Kier molecular flexibility index (Phi) is 3.96. The lowest BCUT2D eigenvalue weighted by molar-refractivity contribution is -0.0222. The van der Waals surface area contributed by atoms with Crippen LogP contribution >= 0.6 is 0 Å². The second kappa shape index (κ2) is 6.53. The lowest BCUT2D eigenvalue weighted by atomic mass is 9.84. The van der Waals surface area contributed by atoms with Crippen molar-refractivity contribution < 1.29 is 9.52 Å². The first-order chi connectivity index (χ1) is 15.0. The molecule has 6 heterocycles. The van der Waals surface area contributed by atoms with Crippen LogP contribution in [0.1, 0.15) is 55.3 Å². The Morgan fingerprint density at radius 3 is 2.61 bits per heavy atom. The highest BCUT2D eigenvalue weighted by Gasteiger charge is 2.50. The van der Waals surface area contributed by atoms with Crippen LogP contribution < -0.4 is 4.90 Å². The van der Waals surface area contributed by atoms with Crippen LogP contribution in [0.15, 0.2) is 34.9 Å². The van der Waals surface area contributed by atoms with Crippen LogP contribution in [0.2, 0.25) is 0 Å². The fourth-order valence-electron chi connectivity index (χ4n) is 5.76. The Morgan fingerprint density at radius 1 is 1.16 bits per heavy atom. The van der Waals surface area contributed by atoms with Crippen molar-refractivity contribution in [3.8, 4) is 0 Å². The first kappa shape index (κ1) is 18.8. The number of furan rings is 1. The van der Waals surface area contributed by atoms with E-state index in [1.54, 1.807) is 6.26 Å². The first-order valence-electron chi connectivity index (χ1n) is 11.2. The molecule has 4 aromatic heterocycles. The van der Waals surface area contributed by atoms with Crippen LogP contribution in [-0.2, 0) is 12.0 Å². The van der Waals surface area contributed by atoms with E-state index >= 15 is 0 Å². The Morgan fingerprint density at radius 2 is 1.94 bits per heavy atom. The molecule has 7 heteroatoms. The third kappa shape index (κ3) is 2.72. The summed E-state index contributed by atoms with van der Waals surface area (Å²) in [7, 11) is 0. The van der Waals surface area contributed by atoms with Gasteiger partial charge >= 0.3 is 0 Å². The van der Waals surface area contributed by atoms with E-state index in [0.717, 1.165) is 58.7 Å². The van der Waals surface area contributed by atoms with Crippen molar-refractivity contribution >= 4 is 22.5 Å². The zero-order valence-electron chi connectivity index (χ0n) is 18.2. The topological polar surface area (TPSA) is 79.7 Å². The number of aryl methyl sites for hydroxylation is 3. The zero-order chi connectivity index (χ0) is 21.3. The van der Waals surface area contributed by atoms with Crippen LogP contribution in [-0.4, -0.2) is 36.8 Å². The number of aliphatic hydroxyl groups is 1. The van der Waals surface area contributed by atoms with Gasteiger partial charge in [-0.25, -0.2) is 9.97 Å². The number of nitrogens with zero attached hydrogens (tertiary/aromatic N) is 5. The van der Waals surface area contributed by atoms with E-state index in [4.69, 9.17) is 14.5 Å². The molecular weight excluding hydrogens is 390 g/mol. The quantitative estimate of drug-likeness (QED) is 0.541. The molecule has 0 unspecified atom stereocenters. The van der Waals surface area contributed by atoms with Crippen molar-refractivity contribution in [2.45, 2.75) is 70.6 Å². The van der Waals surface area contributed by atoms with E-state index < -0.39 is 5.60 Å². The van der Waals surface area contributed by atoms with Crippen LogP contribution in [0.25, 0.3) is 16.7 Å². The van der Waals surface area contributed by atoms with Gasteiger partial charge in [0, 0.05) is 42.4 Å². The van der Waals surface area contributed by atoms with Crippen molar-refractivity contribution in [1.82, 2.24) is 19.6 Å². The summed E-state index contributed by atoms with van der Waals surface area (Å²) in [5, 5.41) is 17.3. The van der Waals surface area contributed by atoms with E-state index in [1.807, 2.05) is 23.6 Å². The maximum atomic E-state index is 11.4. The third-order valence-corrected chi connectivity index (χ3v) is 7.08. The lowest BCUT2D eigenvalue weighted by Gasteiger charge is -2.44. The summed E-state index contributed by atoms with van der Waals surface area (Å²) in [6, 6.07) is 8.47. The molecule has 4 aromatic rings. The molecule has 0 amide bonds. The van der Waals surface area contributed by atoms with Crippen molar-refractivity contribution in [3.63, 3.8) is 0 Å². The number of rotatable bonds is 3. The minimum atomic E-state index is -0.907. The van der Waals surface area contributed by atoms with Gasteiger partial charge in [0.1, 0.15) is 17.2 Å². The highest BCUT2D eigenvalue weighted by molar-refractivity contribution is 5.93. The van der Waals surface area contributed by atoms with Gasteiger partial charge in [0.05, 0.1) is 11.6 Å². The second-order valence-electron chi connectivity index (χ2n) is 9.18. The van der Waals surface area contributed by atoms with Gasteiger partial charge in [0.15, 0.2) is 11.3 Å². The number of pyridine rings is 1. The maximum Gasteiger partial charge on any atom is 0.184 e. The number of piperidine rings is 1. The Balaban J connectivity index is 1.51. The summed E-state index contributed by atoms with van der Waals surface area (Å²) < 4.78 is 7.59. The van der Waals surface area contributed by atoms with Gasteiger partial charge in [-0.2, -0.15) is 4.52 Å². The normalized spacial score (nSPS) is 25.7. The molecule has 1 N–H and O–H groups in total. The molecule has 2 atom stereocenters. The lowest BCUT2D eigenvalue weighted by Crippen LogP contribution is -2.50. The van der Waals surface area contributed by atoms with E-state index in [0.29, 0.717) is 18.6 Å². The molecule has 2 aliphatic heterocycles. The fourth-order valence-corrected chi connectivity index (χ4v) is 5.76. The Hall–Kier alpha value is -2.93. The molecule has 0 aliphatic carbocycles. The monoisotopic (exact) mass is 417 g/mol. The Labute approximate surface area is 180 Å². The molecule has 31 heavy (non-hydrogen) atoms. The molecule has 2 bridgehead atoms. The molecule has 0 spiro atoms. The van der Waals surface area contributed by atoms with Gasteiger partial charge < -0.3 is 14.4 Å². The molecule has 2 aliphatic rings. The third-order valence-electron chi connectivity index (χ3n) is 7.08. The van der Waals surface area contributed by atoms with E-state index in [-0.39, 0.29) is 12.1 Å². The number of hydrogen-bond acceptors (Lipinski definition) is 6. The smallest absolute Gasteiger partial charge is 0.184 e. The predicted octanol–water partition coefficient (Wildman–Crippen LogP) is 4.07. The van der Waals surface area contributed by atoms with Crippen LogP contribution in [0.5, 0.6) is 0 Å². The van der Waals surface area contributed by atoms with Crippen LogP contribution in [0, 0.1) is 13.8 Å². The standard InChI is InChI=1S/C24H27N5O2/c1-4-16-11-20(29-23(26-16)21-14(2)10-15(3)25-22(21)27-29)28-17-7-8-18(28)13-24(30,12-17)19-6-5-9-31-19/h5-6,9-11,17-18,30H,4,7-8,12-13H2,1-3H3/t17-,18-/m1/s1. The van der Waals surface area contributed by atoms with Gasteiger partial charge in [-0.3, -0.25) is 0 Å². The minimum Gasteiger partial charge on any atom is -0.466 e. The summed E-state index contributed by atoms with van der Waals surface area (Å²) in [5.41, 5.74) is 3.88. The first-order valence-corrected chi connectivity index (χ1v) is 11.2. The van der Waals surface area contributed by atoms with E-state index in [2.05, 4.69) is 35.9 Å². The highest BCUT2D eigenvalue weighted by Crippen LogP contribution is 2.47. The largest absolute Gasteiger partial charge is 0.466 e. The van der Waals surface area contributed by atoms with Crippen LogP contribution in [0.4, 0.5) is 5.82 Å². The molecule has 6 rings (SSSR count). The van der Waals surface area contributed by atoms with Gasteiger partial charge in [-0.15, -0.1) is 5.10 Å². The molecule has 160 valence electrons. The van der Waals surface area contributed by atoms with Gasteiger partial charge in [-0.1, -0.05) is 6.92 Å². The number of anilines is 1. The second-order valence-corrected chi connectivity index (χ2v) is 9.18. The van der Waals surface area contributed by atoms with Gasteiger partial charge in [-0.05, 0) is 56.9 Å². The van der Waals surface area contributed by atoms with Gasteiger partial charge in [0.25, 0.3) is 0 Å². The zero-order valence-corrected chi connectivity index (χ0v) is 18.2. The summed E-state index contributed by atoms with van der Waals surface area (Å²) >= 11 is 0. The fraction of sp³-hybridized carbons (Fsp3) is 0.458. The van der Waals surface area contributed by atoms with Gasteiger partial charge in [0.2, 0.25) is 0 Å². The predicted molar refractivity (Wildman–Crippen MR) is 118 cm³/mol. The molecular formula is C24H27N5O2. The average Bonchev–Trinajstić information content (AvgIpc) is 3.44. The van der Waals surface area contributed by atoms with Crippen LogP contribution in [0.3, 0.4) is 0 Å². The maximum absolute atomic E-state index is 11.4. The highest BCUT2D eigenvalue weighted by atomic mass is 16.4. The van der Waals surface area contributed by atoms with E-state index in [1.165, 1.54) is 0 Å². The average molecular weight is 418 g/mol. The molecule has 2 fully saturated rings. The molecule has 0 radical (unpaired) electrons. The SMILES string of the molecule is CCc1cc(N2[C@@H]3CC[C@@H]2CC(O)(c2ccco2)C3)n2nc3nc(C)cc(C)c3c2n1. The van der Waals surface area contributed by atoms with Crippen molar-refractivity contribution in [1.29, 1.82) is 0 Å².